The first-order valence-electron chi connectivity index (χ1n) is 14.3. The first-order valence-corrected chi connectivity index (χ1v) is 15.5. The van der Waals surface area contributed by atoms with E-state index in [2.05, 4.69) is 12.1 Å². The molecule has 0 N–H and O–H groups in total. The number of nitro benzene ring substituents is 1. The molecule has 224 valence electrons. The van der Waals surface area contributed by atoms with E-state index in [9.17, 15) is 14.9 Å². The monoisotopic (exact) mass is 635 g/mol. The summed E-state index contributed by atoms with van der Waals surface area (Å²) in [4.78, 5) is 31.0. The highest BCUT2D eigenvalue weighted by Crippen LogP contribution is 2.41. The molecule has 10 heteroatoms. The lowest BCUT2D eigenvalue weighted by atomic mass is 9.83. The summed E-state index contributed by atoms with van der Waals surface area (Å²) in [6.45, 7) is 0.344. The number of methoxy groups -OCH3 is 1. The van der Waals surface area contributed by atoms with Gasteiger partial charge in [-0.2, -0.15) is 0 Å². The van der Waals surface area contributed by atoms with Gasteiger partial charge in [0.05, 0.1) is 28.3 Å². The fourth-order valence-electron chi connectivity index (χ4n) is 5.92. The molecule has 4 aromatic carbocycles. The number of hydrogen-bond acceptors (Lipinski definition) is 7. The van der Waals surface area contributed by atoms with E-state index in [1.807, 2.05) is 66.7 Å². The fourth-order valence-corrected chi connectivity index (χ4v) is 7.04. The minimum atomic E-state index is -0.509. The second-order valence-electron chi connectivity index (χ2n) is 10.8. The van der Waals surface area contributed by atoms with Gasteiger partial charge in [-0.3, -0.25) is 19.5 Å². The number of fused-ring (bicyclic) bond motifs is 3. The number of aryl methyl sites for hydroxylation is 1. The number of ether oxygens (including phenoxy) is 2. The molecule has 0 spiro atoms. The van der Waals surface area contributed by atoms with E-state index < -0.39 is 11.0 Å². The Labute approximate surface area is 266 Å². The van der Waals surface area contributed by atoms with Gasteiger partial charge in [0.25, 0.3) is 11.2 Å². The molecule has 1 atom stereocenters. The molecule has 7 rings (SSSR count). The first-order chi connectivity index (χ1) is 21.9. The third kappa shape index (κ3) is 5.45. The summed E-state index contributed by atoms with van der Waals surface area (Å²) >= 11 is 7.29. The molecule has 1 aliphatic heterocycles. The molecule has 0 bridgehead atoms. The summed E-state index contributed by atoms with van der Waals surface area (Å²) in [5.41, 5.74) is 6.24. The van der Waals surface area contributed by atoms with Crippen molar-refractivity contribution in [3.8, 4) is 11.5 Å². The van der Waals surface area contributed by atoms with Gasteiger partial charge >= 0.3 is 0 Å². The van der Waals surface area contributed by atoms with Crippen molar-refractivity contribution in [1.82, 2.24) is 4.57 Å². The van der Waals surface area contributed by atoms with Crippen LogP contribution in [0.3, 0.4) is 0 Å². The third-order valence-corrected chi connectivity index (χ3v) is 9.30. The van der Waals surface area contributed by atoms with Gasteiger partial charge < -0.3 is 9.47 Å². The fraction of sp³-hybridized carbons (Fsp3) is 0.143. The molecule has 0 saturated heterocycles. The Kier molecular flexibility index (Phi) is 7.56. The van der Waals surface area contributed by atoms with Gasteiger partial charge in [-0.15, -0.1) is 0 Å². The van der Waals surface area contributed by atoms with Crippen LogP contribution in [0.4, 0.5) is 5.69 Å². The van der Waals surface area contributed by atoms with Crippen LogP contribution in [-0.4, -0.2) is 16.6 Å². The van der Waals surface area contributed by atoms with Crippen molar-refractivity contribution < 1.29 is 14.4 Å². The molecule has 0 radical (unpaired) electrons. The largest absolute Gasteiger partial charge is 0.493 e. The van der Waals surface area contributed by atoms with Crippen molar-refractivity contribution in [1.29, 1.82) is 0 Å². The van der Waals surface area contributed by atoms with Crippen LogP contribution < -0.4 is 24.4 Å². The van der Waals surface area contributed by atoms with E-state index in [1.165, 1.54) is 23.0 Å². The van der Waals surface area contributed by atoms with Crippen LogP contribution in [0.1, 0.15) is 40.3 Å². The van der Waals surface area contributed by atoms with Crippen molar-refractivity contribution in [3.05, 3.63) is 159 Å². The maximum absolute atomic E-state index is 14.1. The number of rotatable bonds is 7. The van der Waals surface area contributed by atoms with Crippen LogP contribution in [-0.2, 0) is 13.0 Å². The number of halogens is 1. The van der Waals surface area contributed by atoms with Gasteiger partial charge in [0.15, 0.2) is 16.3 Å². The number of benzene rings is 4. The van der Waals surface area contributed by atoms with Crippen molar-refractivity contribution in [2.75, 3.05) is 7.11 Å². The lowest BCUT2D eigenvalue weighted by molar-refractivity contribution is -0.384. The first kappa shape index (κ1) is 28.8. The second-order valence-corrected chi connectivity index (χ2v) is 12.2. The average Bonchev–Trinajstić information content (AvgIpc) is 3.37. The SMILES string of the molecule is COc1cc(/C=c2/sc3n(c2=O)[C@H](c2cccc([N+](=O)[O-])c2)C2=C(N=3)c3ccccc3CC2)ccc1OCc1ccc(Cl)cc1. The predicted molar refractivity (Wildman–Crippen MR) is 175 cm³/mol. The number of non-ortho nitro benzene ring substituents is 1. The van der Waals surface area contributed by atoms with Crippen molar-refractivity contribution in [2.45, 2.75) is 25.5 Å². The second kappa shape index (κ2) is 11.8. The summed E-state index contributed by atoms with van der Waals surface area (Å²) < 4.78 is 13.8. The van der Waals surface area contributed by atoms with Crippen LogP contribution in [0.25, 0.3) is 11.8 Å². The number of nitro groups is 1. The van der Waals surface area contributed by atoms with E-state index >= 15 is 0 Å². The minimum Gasteiger partial charge on any atom is -0.493 e. The zero-order valence-electron chi connectivity index (χ0n) is 24.1. The van der Waals surface area contributed by atoms with E-state index in [1.54, 1.807) is 23.8 Å². The zero-order chi connectivity index (χ0) is 31.1. The van der Waals surface area contributed by atoms with Gasteiger partial charge in [0, 0.05) is 22.7 Å². The van der Waals surface area contributed by atoms with Gasteiger partial charge in [-0.25, -0.2) is 4.99 Å². The van der Waals surface area contributed by atoms with E-state index in [-0.39, 0.29) is 11.2 Å². The van der Waals surface area contributed by atoms with E-state index in [0.717, 1.165) is 34.4 Å². The van der Waals surface area contributed by atoms with Crippen molar-refractivity contribution in [2.24, 2.45) is 4.99 Å². The molecule has 0 amide bonds. The molecule has 0 fully saturated rings. The summed E-state index contributed by atoms with van der Waals surface area (Å²) in [5, 5.41) is 12.3. The highest BCUT2D eigenvalue weighted by atomic mass is 35.5. The summed E-state index contributed by atoms with van der Waals surface area (Å²) in [5.74, 6) is 1.11. The van der Waals surface area contributed by atoms with Gasteiger partial charge in [0.1, 0.15) is 6.61 Å². The zero-order valence-corrected chi connectivity index (χ0v) is 25.7. The Morgan fingerprint density at radius 2 is 1.84 bits per heavy atom. The maximum atomic E-state index is 14.1. The average molecular weight is 636 g/mol. The molecule has 45 heavy (non-hydrogen) atoms. The van der Waals surface area contributed by atoms with Crippen LogP contribution in [0.5, 0.6) is 11.5 Å². The molecule has 0 unspecified atom stereocenters. The molecular weight excluding hydrogens is 610 g/mol. The molecule has 8 nitrogen and oxygen atoms in total. The highest BCUT2D eigenvalue weighted by Gasteiger charge is 2.33. The lowest BCUT2D eigenvalue weighted by Gasteiger charge is -2.30. The summed E-state index contributed by atoms with van der Waals surface area (Å²) in [7, 11) is 1.57. The lowest BCUT2D eigenvalue weighted by Crippen LogP contribution is -2.38. The Hall–Kier alpha value is -4.99. The predicted octanol–water partition coefficient (Wildman–Crippen LogP) is 6.47. The van der Waals surface area contributed by atoms with Gasteiger partial charge in [-0.1, -0.05) is 77.5 Å². The maximum Gasteiger partial charge on any atom is 0.271 e. The van der Waals surface area contributed by atoms with Crippen molar-refractivity contribution in [3.63, 3.8) is 0 Å². The minimum absolute atomic E-state index is 0.0181. The van der Waals surface area contributed by atoms with E-state index in [4.69, 9.17) is 26.1 Å². The number of hydrogen-bond donors (Lipinski definition) is 0. The molecule has 1 aliphatic carbocycles. The summed E-state index contributed by atoms with van der Waals surface area (Å²) in [6.07, 6.45) is 3.31. The van der Waals surface area contributed by atoms with Crippen LogP contribution in [0.15, 0.2) is 106 Å². The number of aromatic nitrogens is 1. The molecule has 2 heterocycles. The summed E-state index contributed by atoms with van der Waals surface area (Å²) in [6, 6.07) is 27.1. The van der Waals surface area contributed by atoms with Gasteiger partial charge in [-0.05, 0) is 71.0 Å². The molecule has 2 aliphatic rings. The Morgan fingerprint density at radius 1 is 1.02 bits per heavy atom. The normalized spacial score (nSPS) is 15.5. The molecular formula is C35H26ClN3O5S. The number of allylic oxidation sites excluding steroid dienone is 1. The standard InChI is InChI=1S/C35H26ClN3O5S/c1-43-30-17-22(11-16-29(30)44-20-21-9-13-25(36)14-10-21)18-31-34(40)38-33(24-6-4-7-26(19-24)39(41)42)28-15-12-23-5-2-3-8-27(23)32(28)37-35(38)45-31/h2-11,13-14,16-19,33H,12,15,20H2,1H3/b31-18+/t33-/m1/s1. The topological polar surface area (TPSA) is 96.0 Å². The van der Waals surface area contributed by atoms with Crippen molar-refractivity contribution >= 4 is 40.4 Å². The Balaban J connectivity index is 1.31. The number of nitrogens with zero attached hydrogens (tertiary/aromatic N) is 3. The van der Waals surface area contributed by atoms with E-state index in [0.29, 0.717) is 44.4 Å². The van der Waals surface area contributed by atoms with Crippen LogP contribution >= 0.6 is 22.9 Å². The highest BCUT2D eigenvalue weighted by molar-refractivity contribution is 7.07. The van der Waals surface area contributed by atoms with Crippen LogP contribution in [0.2, 0.25) is 5.02 Å². The molecule has 1 aromatic heterocycles. The Morgan fingerprint density at radius 3 is 2.64 bits per heavy atom. The number of thiazole rings is 1. The Bertz CT molecular complexity index is 2190. The van der Waals surface area contributed by atoms with Gasteiger partial charge in [0.2, 0.25) is 0 Å². The van der Waals surface area contributed by atoms with Crippen LogP contribution in [0, 0.1) is 10.1 Å². The quantitative estimate of drug-likeness (QED) is 0.151. The smallest absolute Gasteiger partial charge is 0.271 e. The molecule has 0 saturated carbocycles. The molecule has 5 aromatic rings. The third-order valence-electron chi connectivity index (χ3n) is 8.06.